The van der Waals surface area contributed by atoms with Crippen molar-refractivity contribution < 1.29 is 0 Å². The first-order valence-electron chi connectivity index (χ1n) is 25.2. The molecule has 0 bridgehead atoms. The summed E-state index contributed by atoms with van der Waals surface area (Å²) in [4.78, 5) is 6.41. The van der Waals surface area contributed by atoms with Crippen LogP contribution in [0.15, 0.2) is 36.4 Å². The number of aryl methyl sites for hydroxylation is 2. The Morgan fingerprint density at radius 1 is 0.383 bits per heavy atom. The van der Waals surface area contributed by atoms with Gasteiger partial charge in [-0.3, -0.25) is 0 Å². The van der Waals surface area contributed by atoms with E-state index in [1.807, 2.05) is 0 Å². The number of benzene rings is 2. The van der Waals surface area contributed by atoms with E-state index in [0.717, 1.165) is 0 Å². The second-order valence-electron chi connectivity index (χ2n) is 18.9. The number of rotatable bonds is 26. The summed E-state index contributed by atoms with van der Waals surface area (Å²) in [6.07, 6.45) is 35.3. The van der Waals surface area contributed by atoms with Crippen molar-refractivity contribution >= 4 is 74.9 Å². The first-order chi connectivity index (χ1) is 29.5. The Morgan fingerprint density at radius 3 is 1.05 bits per heavy atom. The Bertz CT molecular complexity index is 2160. The first-order valence-corrected chi connectivity index (χ1v) is 28.5. The number of hydrogen-bond acceptors (Lipinski definition) is 4. The second kappa shape index (κ2) is 20.2. The second-order valence-corrected chi connectivity index (χ2v) is 23.3. The quantitative estimate of drug-likeness (QED) is 0.0476. The van der Waals surface area contributed by atoms with Gasteiger partial charge >= 0.3 is 0 Å². The zero-order valence-electron chi connectivity index (χ0n) is 38.5. The van der Waals surface area contributed by atoms with Crippen LogP contribution >= 0.6 is 45.3 Å². The van der Waals surface area contributed by atoms with Crippen LogP contribution in [0.4, 0.5) is 0 Å². The number of fused-ring (bicyclic) bond motifs is 13. The Hall–Kier alpha value is -1.98. The zero-order valence-corrected chi connectivity index (χ0v) is 41.7. The number of unbranched alkanes of at least 4 members (excludes halogenated alkanes) is 18. The molecular weight excluding hydrogens is 801 g/mol. The maximum atomic E-state index is 2.60. The van der Waals surface area contributed by atoms with Gasteiger partial charge in [0.25, 0.3) is 0 Å². The van der Waals surface area contributed by atoms with E-state index in [1.165, 1.54) is 178 Å². The highest BCUT2D eigenvalue weighted by Crippen LogP contribution is 2.65. The molecule has 6 aromatic rings. The molecule has 2 aromatic carbocycles. The average Bonchev–Trinajstić information content (AvgIpc) is 4.10. The standard InChI is InChI=1S/C56H76S4/c1-7-13-15-17-19-21-23-25-27-29-31-39-37-45-51(57-39)49-53(59-45)47-41-34-36-44-48(42(41)33-35-43(47)55(49,9-3)10-4)54-50(56(44,11-5)12-6)52-46(60-54)38-40(58-52)32-30-28-26-24-22-20-18-16-14-8-2/h33-38H,7-32H2,1-6H3. The molecule has 0 aliphatic heterocycles. The van der Waals surface area contributed by atoms with E-state index >= 15 is 0 Å². The molecule has 0 atom stereocenters. The molecule has 0 radical (unpaired) electrons. The molecule has 4 heteroatoms. The highest BCUT2D eigenvalue weighted by Gasteiger charge is 2.47. The van der Waals surface area contributed by atoms with Gasteiger partial charge in [-0.2, -0.15) is 0 Å². The van der Waals surface area contributed by atoms with Gasteiger partial charge in [-0.1, -0.05) is 181 Å². The third-order valence-corrected chi connectivity index (χ3v) is 20.4. The molecule has 0 saturated carbocycles. The molecular formula is C56H76S4. The van der Waals surface area contributed by atoms with Gasteiger partial charge in [0.2, 0.25) is 0 Å². The Balaban J connectivity index is 1.04. The SMILES string of the molecule is CCCCCCCCCCCCc1cc2sc3c(c2s1)C(CC)(CC)c1ccc2c4c(ccc2c1-3)C(CC)(CC)c1c-4sc2cc(CCCCCCCCCCCC)sc12. The van der Waals surface area contributed by atoms with Gasteiger partial charge in [-0.25, -0.2) is 0 Å². The Morgan fingerprint density at radius 2 is 0.717 bits per heavy atom. The van der Waals surface area contributed by atoms with Crippen molar-refractivity contribution in [2.75, 3.05) is 0 Å². The van der Waals surface area contributed by atoms with E-state index in [4.69, 9.17) is 0 Å². The van der Waals surface area contributed by atoms with Gasteiger partial charge in [-0.15, -0.1) is 45.3 Å². The van der Waals surface area contributed by atoms with Crippen molar-refractivity contribution in [3.05, 3.63) is 68.4 Å². The van der Waals surface area contributed by atoms with E-state index in [9.17, 15) is 0 Å². The molecule has 0 nitrogen and oxygen atoms in total. The average molecular weight is 877 g/mol. The Kier molecular flexibility index (Phi) is 15.1. The van der Waals surface area contributed by atoms with Crippen molar-refractivity contribution in [2.45, 2.75) is 219 Å². The van der Waals surface area contributed by atoms with E-state index in [0.29, 0.717) is 0 Å². The molecule has 2 aliphatic rings. The molecule has 0 N–H and O–H groups in total. The van der Waals surface area contributed by atoms with Gasteiger partial charge in [0, 0.05) is 50.9 Å². The van der Waals surface area contributed by atoms with Crippen LogP contribution in [0.1, 0.15) is 228 Å². The summed E-state index contributed by atoms with van der Waals surface area (Å²) in [6, 6.07) is 15.5. The minimum Gasteiger partial charge on any atom is -0.139 e. The van der Waals surface area contributed by atoms with Gasteiger partial charge in [-0.05, 0) is 96.5 Å². The summed E-state index contributed by atoms with van der Waals surface area (Å²) in [7, 11) is 0. The summed E-state index contributed by atoms with van der Waals surface area (Å²) in [6.45, 7) is 14.5. The lowest BCUT2D eigenvalue weighted by atomic mass is 9.73. The summed E-state index contributed by atoms with van der Waals surface area (Å²) in [5.41, 5.74) is 9.92. The smallest absolute Gasteiger partial charge is 0.0501 e. The third-order valence-electron chi connectivity index (χ3n) is 15.4. The molecule has 0 unspecified atom stereocenters. The molecule has 8 rings (SSSR count). The summed E-state index contributed by atoms with van der Waals surface area (Å²) < 4.78 is 6.31. The molecule has 60 heavy (non-hydrogen) atoms. The first kappa shape index (κ1) is 44.6. The molecule has 0 spiro atoms. The van der Waals surface area contributed by atoms with Crippen molar-refractivity contribution in [1.82, 2.24) is 0 Å². The van der Waals surface area contributed by atoms with Crippen molar-refractivity contribution in [1.29, 1.82) is 0 Å². The highest BCUT2D eigenvalue weighted by atomic mass is 32.1. The fourth-order valence-corrected chi connectivity index (χ4v) is 17.8. The van der Waals surface area contributed by atoms with Crippen molar-refractivity contribution in [2.24, 2.45) is 0 Å². The van der Waals surface area contributed by atoms with E-state index < -0.39 is 0 Å². The van der Waals surface area contributed by atoms with Crippen LogP contribution in [0.25, 0.3) is 50.5 Å². The molecule has 2 aliphatic carbocycles. The van der Waals surface area contributed by atoms with Crippen molar-refractivity contribution in [3.63, 3.8) is 0 Å². The maximum absolute atomic E-state index is 2.60. The largest absolute Gasteiger partial charge is 0.139 e. The van der Waals surface area contributed by atoms with Crippen LogP contribution < -0.4 is 0 Å². The van der Waals surface area contributed by atoms with Gasteiger partial charge in [0.1, 0.15) is 0 Å². The van der Waals surface area contributed by atoms with Gasteiger partial charge < -0.3 is 0 Å². The predicted molar refractivity (Wildman–Crippen MR) is 275 cm³/mol. The molecule has 0 amide bonds. The lowest BCUT2D eigenvalue weighted by molar-refractivity contribution is 0.495. The van der Waals surface area contributed by atoms with Gasteiger partial charge in [0.15, 0.2) is 0 Å². The van der Waals surface area contributed by atoms with E-state index in [1.54, 1.807) is 71.7 Å². The fraction of sp³-hybridized carbons (Fsp3) is 0.607. The molecule has 0 saturated heterocycles. The van der Waals surface area contributed by atoms with Gasteiger partial charge in [0.05, 0.1) is 9.40 Å². The maximum Gasteiger partial charge on any atom is 0.0501 e. The van der Waals surface area contributed by atoms with Crippen LogP contribution in [0, 0.1) is 0 Å². The summed E-state index contributed by atoms with van der Waals surface area (Å²) in [5, 5.41) is 3.01. The minimum absolute atomic E-state index is 0.104. The van der Waals surface area contributed by atoms with Crippen LogP contribution in [0.5, 0.6) is 0 Å². The normalized spacial score (nSPS) is 14.8. The van der Waals surface area contributed by atoms with E-state index in [2.05, 4.69) is 123 Å². The van der Waals surface area contributed by atoms with Crippen molar-refractivity contribution in [3.8, 4) is 20.9 Å². The molecule has 0 fully saturated rings. The monoisotopic (exact) mass is 876 g/mol. The lowest BCUT2D eigenvalue weighted by Gasteiger charge is -2.30. The van der Waals surface area contributed by atoms with Crippen LogP contribution in [-0.4, -0.2) is 0 Å². The minimum atomic E-state index is 0.104. The molecule has 4 heterocycles. The number of hydrogen-bond donors (Lipinski definition) is 0. The van der Waals surface area contributed by atoms with Crippen LogP contribution in [0.3, 0.4) is 0 Å². The Labute approximate surface area is 381 Å². The zero-order chi connectivity index (χ0) is 41.7. The topological polar surface area (TPSA) is 0 Å². The third kappa shape index (κ3) is 8.18. The van der Waals surface area contributed by atoms with Crippen LogP contribution in [-0.2, 0) is 23.7 Å². The highest BCUT2D eigenvalue weighted by molar-refractivity contribution is 7.30. The summed E-state index contributed by atoms with van der Waals surface area (Å²) in [5.74, 6) is 0. The fourth-order valence-electron chi connectivity index (χ4n) is 11.8. The number of thiophene rings is 4. The lowest BCUT2D eigenvalue weighted by Crippen LogP contribution is -2.23. The van der Waals surface area contributed by atoms with Crippen LogP contribution in [0.2, 0.25) is 0 Å². The predicted octanol–water partition coefficient (Wildman–Crippen LogP) is 20.5. The van der Waals surface area contributed by atoms with E-state index in [-0.39, 0.29) is 10.8 Å². The summed E-state index contributed by atoms with van der Waals surface area (Å²) >= 11 is 8.53. The molecule has 324 valence electrons. The molecule has 4 aromatic heterocycles.